The Labute approximate surface area is 273 Å². The molecule has 46 heavy (non-hydrogen) atoms. The van der Waals surface area contributed by atoms with E-state index in [4.69, 9.17) is 21.1 Å². The Morgan fingerprint density at radius 1 is 0.870 bits per heavy atom. The van der Waals surface area contributed by atoms with Crippen LogP contribution in [0.5, 0.6) is 11.5 Å². The first-order valence-corrected chi connectivity index (χ1v) is 16.2. The van der Waals surface area contributed by atoms with Crippen LogP contribution in [0.3, 0.4) is 0 Å². The number of carbonyl (C=O) groups excluding carboxylic acids is 2. The molecule has 0 aliphatic rings. The van der Waals surface area contributed by atoms with Gasteiger partial charge in [-0.25, -0.2) is 12.8 Å². The van der Waals surface area contributed by atoms with Crippen LogP contribution >= 0.6 is 11.6 Å². The first-order valence-electron chi connectivity index (χ1n) is 14.4. The van der Waals surface area contributed by atoms with Gasteiger partial charge in [0.2, 0.25) is 11.8 Å². The molecule has 0 aromatic heterocycles. The Morgan fingerprint density at radius 2 is 1.54 bits per heavy atom. The molecule has 2 amide bonds. The molecule has 12 heteroatoms. The average Bonchev–Trinajstić information content (AvgIpc) is 3.05. The number of carbonyl (C=O) groups is 2. The van der Waals surface area contributed by atoms with Gasteiger partial charge in [0.25, 0.3) is 10.0 Å². The Kier molecular flexibility index (Phi) is 11.6. The lowest BCUT2D eigenvalue weighted by Gasteiger charge is -2.34. The van der Waals surface area contributed by atoms with Gasteiger partial charge < -0.3 is 19.7 Å². The molecule has 4 aromatic carbocycles. The Morgan fingerprint density at radius 3 is 2.17 bits per heavy atom. The third-order valence-electron chi connectivity index (χ3n) is 7.20. The molecule has 0 saturated heterocycles. The number of halogens is 2. The molecule has 242 valence electrons. The summed E-state index contributed by atoms with van der Waals surface area (Å²) in [7, 11) is -1.65. The summed E-state index contributed by atoms with van der Waals surface area (Å²) >= 11 is 6.26. The molecule has 9 nitrogen and oxygen atoms in total. The van der Waals surface area contributed by atoms with Crippen LogP contribution in [0.1, 0.15) is 18.1 Å². The minimum absolute atomic E-state index is 0.0400. The van der Waals surface area contributed by atoms with E-state index in [-0.39, 0.29) is 29.3 Å². The molecule has 0 radical (unpaired) electrons. The summed E-state index contributed by atoms with van der Waals surface area (Å²) in [4.78, 5) is 29.1. The second-order valence-corrected chi connectivity index (χ2v) is 12.6. The number of rotatable bonds is 14. The Balaban J connectivity index is 1.82. The zero-order chi connectivity index (χ0) is 33.3. The highest BCUT2D eigenvalue weighted by molar-refractivity contribution is 7.92. The van der Waals surface area contributed by atoms with Crippen LogP contribution in [-0.4, -0.2) is 58.5 Å². The first kappa shape index (κ1) is 34.3. The number of methoxy groups -OCH3 is 2. The second-order valence-electron chi connectivity index (χ2n) is 10.3. The van der Waals surface area contributed by atoms with E-state index >= 15 is 0 Å². The highest BCUT2D eigenvalue weighted by atomic mass is 35.5. The molecule has 0 bridgehead atoms. The number of hydrogen-bond acceptors (Lipinski definition) is 6. The monoisotopic (exact) mass is 667 g/mol. The summed E-state index contributed by atoms with van der Waals surface area (Å²) in [5.74, 6) is -1.18. The maximum Gasteiger partial charge on any atom is 0.264 e. The van der Waals surface area contributed by atoms with E-state index < -0.39 is 40.2 Å². The maximum absolute atomic E-state index is 14.4. The van der Waals surface area contributed by atoms with Crippen LogP contribution in [0.4, 0.5) is 10.1 Å². The number of amides is 2. The van der Waals surface area contributed by atoms with Gasteiger partial charge in [0.1, 0.15) is 18.4 Å². The minimum atomic E-state index is -4.44. The van der Waals surface area contributed by atoms with Gasteiger partial charge in [-0.15, -0.1) is 0 Å². The lowest BCUT2D eigenvalue weighted by Crippen LogP contribution is -2.53. The summed E-state index contributed by atoms with van der Waals surface area (Å²) in [5.41, 5.74) is 1.49. The van der Waals surface area contributed by atoms with Crippen molar-refractivity contribution in [2.75, 3.05) is 31.6 Å². The predicted molar refractivity (Wildman–Crippen MR) is 175 cm³/mol. The van der Waals surface area contributed by atoms with Gasteiger partial charge in [-0.2, -0.15) is 0 Å². The van der Waals surface area contributed by atoms with Crippen molar-refractivity contribution in [3.63, 3.8) is 0 Å². The van der Waals surface area contributed by atoms with Crippen LogP contribution in [0, 0.1) is 5.82 Å². The standard InChI is InChI=1S/C34H35ClFN3O6S/c1-4-37-34(41)30(20-24-9-6-5-7-10-24)38(22-25-11-8-12-26(35)19-25)33(40)23-39(28-15-13-27(36)14-16-28)46(42,43)29-17-18-31(44-2)32(21-29)45-3/h5-19,21,30H,4,20,22-23H2,1-3H3,(H,37,41)/t30-/m1/s1. The lowest BCUT2D eigenvalue weighted by atomic mass is 10.0. The molecule has 0 fully saturated rings. The van der Waals surface area contributed by atoms with Crippen LogP contribution in [0.25, 0.3) is 0 Å². The molecular weight excluding hydrogens is 633 g/mol. The lowest BCUT2D eigenvalue weighted by molar-refractivity contribution is -0.140. The van der Waals surface area contributed by atoms with Gasteiger partial charge in [0, 0.05) is 30.6 Å². The van der Waals surface area contributed by atoms with Crippen LogP contribution in [0.15, 0.2) is 102 Å². The summed E-state index contributed by atoms with van der Waals surface area (Å²) in [6.45, 7) is 1.35. The molecule has 0 heterocycles. The van der Waals surface area contributed by atoms with Gasteiger partial charge in [-0.05, 0) is 66.6 Å². The second kappa shape index (κ2) is 15.6. The topological polar surface area (TPSA) is 105 Å². The van der Waals surface area contributed by atoms with Crippen molar-refractivity contribution in [2.45, 2.75) is 30.8 Å². The largest absolute Gasteiger partial charge is 0.493 e. The third-order valence-corrected chi connectivity index (χ3v) is 9.21. The number of nitrogens with zero attached hydrogens (tertiary/aromatic N) is 2. The van der Waals surface area contributed by atoms with E-state index in [2.05, 4.69) is 5.32 Å². The summed E-state index contributed by atoms with van der Waals surface area (Å²) in [6.07, 6.45) is 0.165. The van der Waals surface area contributed by atoms with Crippen molar-refractivity contribution in [1.29, 1.82) is 0 Å². The molecule has 1 atom stereocenters. The Hall–Kier alpha value is -4.61. The van der Waals surface area contributed by atoms with E-state index in [0.29, 0.717) is 22.9 Å². The van der Waals surface area contributed by atoms with Crippen molar-refractivity contribution < 1.29 is 31.9 Å². The number of sulfonamides is 1. The quantitative estimate of drug-likeness (QED) is 0.191. The number of ether oxygens (including phenoxy) is 2. The van der Waals surface area contributed by atoms with Crippen LogP contribution in [0.2, 0.25) is 5.02 Å². The van der Waals surface area contributed by atoms with Crippen LogP contribution < -0.4 is 19.1 Å². The fourth-order valence-electron chi connectivity index (χ4n) is 4.92. The molecular formula is C34H35ClFN3O6S. The normalized spacial score (nSPS) is 11.8. The maximum atomic E-state index is 14.4. The number of anilines is 1. The van der Waals surface area contributed by atoms with Crippen molar-refractivity contribution in [3.05, 3.63) is 119 Å². The molecule has 0 unspecified atom stereocenters. The molecule has 0 aliphatic heterocycles. The van der Waals surface area contributed by atoms with E-state index in [0.717, 1.165) is 22.0 Å². The molecule has 0 aliphatic carbocycles. The third kappa shape index (κ3) is 8.35. The van der Waals surface area contributed by atoms with Gasteiger partial charge in [-0.1, -0.05) is 54.1 Å². The highest BCUT2D eigenvalue weighted by Gasteiger charge is 2.35. The molecule has 1 N–H and O–H groups in total. The Bertz CT molecular complexity index is 1760. The van der Waals surface area contributed by atoms with Gasteiger partial charge in [0.05, 0.1) is 24.8 Å². The summed E-state index contributed by atoms with van der Waals surface area (Å²) in [6, 6.07) is 23.9. The fraction of sp³-hybridized carbons (Fsp3) is 0.235. The number of nitrogens with one attached hydrogen (secondary N) is 1. The minimum Gasteiger partial charge on any atom is -0.493 e. The molecule has 0 spiro atoms. The van der Waals surface area contributed by atoms with Crippen molar-refractivity contribution in [2.24, 2.45) is 0 Å². The van der Waals surface area contributed by atoms with Gasteiger partial charge in [-0.3, -0.25) is 13.9 Å². The number of likely N-dealkylation sites (N-methyl/N-ethyl adjacent to an activating group) is 1. The zero-order valence-corrected chi connectivity index (χ0v) is 27.2. The van der Waals surface area contributed by atoms with Crippen molar-refractivity contribution in [3.8, 4) is 11.5 Å². The van der Waals surface area contributed by atoms with Gasteiger partial charge >= 0.3 is 0 Å². The summed E-state index contributed by atoms with van der Waals surface area (Å²) in [5, 5.41) is 3.25. The number of benzene rings is 4. The SMILES string of the molecule is CCNC(=O)[C@@H](Cc1ccccc1)N(Cc1cccc(Cl)c1)C(=O)CN(c1ccc(F)cc1)S(=O)(=O)c1ccc(OC)c(OC)c1. The zero-order valence-electron chi connectivity index (χ0n) is 25.7. The van der Waals surface area contributed by atoms with E-state index in [1.54, 1.807) is 31.2 Å². The van der Waals surface area contributed by atoms with Crippen molar-refractivity contribution in [1.82, 2.24) is 10.2 Å². The predicted octanol–water partition coefficient (Wildman–Crippen LogP) is 5.47. The molecule has 4 aromatic rings. The fourth-order valence-corrected chi connectivity index (χ4v) is 6.56. The molecule has 0 saturated carbocycles. The highest BCUT2D eigenvalue weighted by Crippen LogP contribution is 2.32. The van der Waals surface area contributed by atoms with Crippen molar-refractivity contribution >= 4 is 39.1 Å². The van der Waals surface area contributed by atoms with Gasteiger partial charge in [0.15, 0.2) is 11.5 Å². The average molecular weight is 668 g/mol. The first-order chi connectivity index (χ1) is 22.1. The van der Waals surface area contributed by atoms with E-state index in [1.807, 2.05) is 30.3 Å². The van der Waals surface area contributed by atoms with E-state index in [1.165, 1.54) is 49.5 Å². The smallest absolute Gasteiger partial charge is 0.264 e. The van der Waals surface area contributed by atoms with Crippen LogP contribution in [-0.2, 0) is 32.6 Å². The number of hydrogen-bond donors (Lipinski definition) is 1. The summed E-state index contributed by atoms with van der Waals surface area (Å²) < 4.78 is 53.8. The van der Waals surface area contributed by atoms with E-state index in [9.17, 15) is 22.4 Å². The molecule has 4 rings (SSSR count).